The van der Waals surface area contributed by atoms with Gasteiger partial charge in [0.2, 0.25) is 0 Å². The highest BCUT2D eigenvalue weighted by Gasteiger charge is 2.30. The molecule has 0 aliphatic carbocycles. The number of nitrogens with two attached hydrogens (primary N) is 1. The van der Waals surface area contributed by atoms with E-state index in [1.807, 2.05) is 0 Å². The number of hydrogen-bond acceptors (Lipinski definition) is 4. The van der Waals surface area contributed by atoms with E-state index in [4.69, 9.17) is 22.1 Å². The van der Waals surface area contributed by atoms with Crippen molar-refractivity contribution in [1.29, 1.82) is 5.26 Å². The zero-order chi connectivity index (χ0) is 21.6. The Morgan fingerprint density at radius 2 is 1.97 bits per heavy atom. The van der Waals surface area contributed by atoms with Gasteiger partial charge in [0.05, 0.1) is 10.6 Å². The number of carbonyl (C=O) groups excluding carboxylic acids is 2. The van der Waals surface area contributed by atoms with Gasteiger partial charge < -0.3 is 15.8 Å². The number of nitrogens with zero attached hydrogens (tertiary/aromatic N) is 1. The molecular weight excluding hydrogens is 411 g/mol. The zero-order valence-electron chi connectivity index (χ0n) is 14.6. The van der Waals surface area contributed by atoms with Crippen molar-refractivity contribution in [2.24, 2.45) is 5.73 Å². The molecule has 0 aromatic heterocycles. The molecule has 2 aromatic carbocycles. The van der Waals surface area contributed by atoms with Gasteiger partial charge in [0, 0.05) is 5.69 Å². The standard InChI is InChI=1S/C19H13ClF3N3O3/c20-15-7-11(4-5-16(15)29-10-17(25)27)6-12(9-24)18(28)26-14-3-1-2-13(8-14)19(21,22)23/h1-8H,10H2,(H2,25,27)(H,26,28)/b12-6+. The second kappa shape index (κ2) is 9.12. The highest BCUT2D eigenvalue weighted by Crippen LogP contribution is 2.31. The number of amides is 2. The van der Waals surface area contributed by atoms with Crippen molar-refractivity contribution in [1.82, 2.24) is 0 Å². The Labute approximate surface area is 168 Å². The third-order valence-corrected chi connectivity index (χ3v) is 3.75. The van der Waals surface area contributed by atoms with Crippen LogP contribution in [0.2, 0.25) is 5.02 Å². The number of carbonyl (C=O) groups is 2. The van der Waals surface area contributed by atoms with Gasteiger partial charge in [0.25, 0.3) is 11.8 Å². The summed E-state index contributed by atoms with van der Waals surface area (Å²) in [6.07, 6.45) is -3.36. The van der Waals surface area contributed by atoms with Crippen molar-refractivity contribution >= 4 is 35.2 Å². The van der Waals surface area contributed by atoms with Gasteiger partial charge in [-0.05, 0) is 42.0 Å². The smallest absolute Gasteiger partial charge is 0.416 e. The van der Waals surface area contributed by atoms with Crippen molar-refractivity contribution in [3.63, 3.8) is 0 Å². The quantitative estimate of drug-likeness (QED) is 0.545. The third-order valence-electron chi connectivity index (χ3n) is 3.45. The van der Waals surface area contributed by atoms with Gasteiger partial charge in [0.1, 0.15) is 17.4 Å². The number of rotatable bonds is 6. The topological polar surface area (TPSA) is 105 Å². The molecule has 2 amide bonds. The van der Waals surface area contributed by atoms with E-state index < -0.39 is 23.6 Å². The van der Waals surface area contributed by atoms with E-state index in [9.17, 15) is 28.0 Å². The Kier molecular flexibility index (Phi) is 6.85. The van der Waals surface area contributed by atoms with Gasteiger partial charge in [-0.3, -0.25) is 9.59 Å². The Morgan fingerprint density at radius 1 is 1.24 bits per heavy atom. The fourth-order valence-corrected chi connectivity index (χ4v) is 2.40. The lowest BCUT2D eigenvalue weighted by Crippen LogP contribution is -2.20. The summed E-state index contributed by atoms with van der Waals surface area (Å²) in [6.45, 7) is -0.377. The first kappa shape index (κ1) is 21.8. The van der Waals surface area contributed by atoms with E-state index >= 15 is 0 Å². The monoisotopic (exact) mass is 423 g/mol. The molecule has 0 unspecified atom stereocenters. The van der Waals surface area contributed by atoms with E-state index in [1.54, 1.807) is 6.07 Å². The summed E-state index contributed by atoms with van der Waals surface area (Å²) < 4.78 is 43.4. The minimum Gasteiger partial charge on any atom is -0.482 e. The molecule has 2 aromatic rings. The molecule has 0 saturated heterocycles. The van der Waals surface area contributed by atoms with Gasteiger partial charge in [-0.25, -0.2) is 0 Å². The summed E-state index contributed by atoms with van der Waals surface area (Å²) in [7, 11) is 0. The molecule has 0 spiro atoms. The van der Waals surface area contributed by atoms with E-state index in [-0.39, 0.29) is 28.6 Å². The maximum atomic E-state index is 12.8. The lowest BCUT2D eigenvalue weighted by molar-refractivity contribution is -0.137. The van der Waals surface area contributed by atoms with Gasteiger partial charge in [-0.2, -0.15) is 18.4 Å². The maximum absolute atomic E-state index is 12.8. The first-order valence-electron chi connectivity index (χ1n) is 7.91. The first-order chi connectivity index (χ1) is 13.6. The SMILES string of the molecule is N#C/C(=C\c1ccc(OCC(N)=O)c(Cl)c1)C(=O)Nc1cccc(C(F)(F)F)c1. The van der Waals surface area contributed by atoms with Crippen molar-refractivity contribution in [3.05, 3.63) is 64.2 Å². The largest absolute Gasteiger partial charge is 0.482 e. The molecule has 0 heterocycles. The lowest BCUT2D eigenvalue weighted by Gasteiger charge is -2.10. The Bertz CT molecular complexity index is 1010. The molecule has 0 fully saturated rings. The van der Waals surface area contributed by atoms with Crippen LogP contribution in [0.3, 0.4) is 0 Å². The van der Waals surface area contributed by atoms with E-state index in [2.05, 4.69) is 5.32 Å². The third kappa shape index (κ3) is 6.26. The number of hydrogen-bond donors (Lipinski definition) is 2. The number of halogens is 4. The number of nitriles is 1. The van der Waals surface area contributed by atoms with Crippen molar-refractivity contribution in [2.75, 3.05) is 11.9 Å². The highest BCUT2D eigenvalue weighted by molar-refractivity contribution is 6.32. The van der Waals surface area contributed by atoms with Crippen molar-refractivity contribution < 1.29 is 27.5 Å². The average Bonchev–Trinajstić information content (AvgIpc) is 2.64. The fraction of sp³-hybridized carbons (Fsp3) is 0.105. The van der Waals surface area contributed by atoms with Crippen LogP contribution in [0.4, 0.5) is 18.9 Å². The van der Waals surface area contributed by atoms with Crippen LogP contribution in [0.15, 0.2) is 48.0 Å². The van der Waals surface area contributed by atoms with Gasteiger partial charge in [0.15, 0.2) is 6.61 Å². The molecule has 0 atom stereocenters. The molecule has 0 radical (unpaired) electrons. The summed E-state index contributed by atoms with van der Waals surface area (Å²) in [5.41, 5.74) is 3.93. The summed E-state index contributed by atoms with van der Waals surface area (Å²) in [6, 6.07) is 9.97. The van der Waals surface area contributed by atoms with Gasteiger partial charge >= 0.3 is 6.18 Å². The maximum Gasteiger partial charge on any atom is 0.416 e. The van der Waals surface area contributed by atoms with E-state index in [1.165, 1.54) is 30.3 Å². The van der Waals surface area contributed by atoms with E-state index in [0.29, 0.717) is 5.56 Å². The summed E-state index contributed by atoms with van der Waals surface area (Å²) in [5, 5.41) is 11.6. The molecule has 0 aliphatic rings. The first-order valence-corrected chi connectivity index (χ1v) is 8.29. The molecule has 2 rings (SSSR count). The van der Waals surface area contributed by atoms with Crippen LogP contribution in [0.25, 0.3) is 6.08 Å². The fourth-order valence-electron chi connectivity index (χ4n) is 2.16. The molecule has 150 valence electrons. The molecular formula is C19H13ClF3N3O3. The molecule has 3 N–H and O–H groups in total. The minimum atomic E-state index is -4.57. The highest BCUT2D eigenvalue weighted by atomic mass is 35.5. The Balaban J connectivity index is 2.19. The molecule has 6 nitrogen and oxygen atoms in total. The van der Waals surface area contributed by atoms with Gasteiger partial charge in [-0.1, -0.05) is 23.7 Å². The van der Waals surface area contributed by atoms with Crippen LogP contribution >= 0.6 is 11.6 Å². The average molecular weight is 424 g/mol. The number of primary amides is 1. The second-order valence-corrected chi connectivity index (χ2v) is 6.05. The van der Waals surface area contributed by atoms with Crippen LogP contribution < -0.4 is 15.8 Å². The molecule has 29 heavy (non-hydrogen) atoms. The summed E-state index contributed by atoms with van der Waals surface area (Å²) >= 11 is 6.01. The molecule has 0 aliphatic heterocycles. The van der Waals surface area contributed by atoms with Crippen LogP contribution in [-0.2, 0) is 15.8 Å². The zero-order valence-corrected chi connectivity index (χ0v) is 15.3. The van der Waals surface area contributed by atoms with Gasteiger partial charge in [-0.15, -0.1) is 0 Å². The predicted molar refractivity (Wildman–Crippen MR) is 99.8 cm³/mol. The number of nitrogens with one attached hydrogen (secondary N) is 1. The number of benzene rings is 2. The van der Waals surface area contributed by atoms with Crippen molar-refractivity contribution in [3.8, 4) is 11.8 Å². The predicted octanol–water partition coefficient (Wildman–Crippen LogP) is 3.77. The summed E-state index contributed by atoms with van der Waals surface area (Å²) in [4.78, 5) is 23.0. The van der Waals surface area contributed by atoms with Crippen LogP contribution in [0.1, 0.15) is 11.1 Å². The number of anilines is 1. The van der Waals surface area contributed by atoms with E-state index in [0.717, 1.165) is 18.2 Å². The summed E-state index contributed by atoms with van der Waals surface area (Å²) in [5.74, 6) is -1.41. The molecule has 10 heteroatoms. The van der Waals surface area contributed by atoms with Crippen molar-refractivity contribution in [2.45, 2.75) is 6.18 Å². The lowest BCUT2D eigenvalue weighted by atomic mass is 10.1. The van der Waals surface area contributed by atoms with Crippen LogP contribution in [0, 0.1) is 11.3 Å². The second-order valence-electron chi connectivity index (χ2n) is 5.65. The number of alkyl halides is 3. The van der Waals surface area contributed by atoms with Crippen LogP contribution in [-0.4, -0.2) is 18.4 Å². The molecule has 0 saturated carbocycles. The normalized spacial score (nSPS) is 11.5. The number of ether oxygens (including phenoxy) is 1. The Hall–Kier alpha value is -3.51. The van der Waals surface area contributed by atoms with Crippen LogP contribution in [0.5, 0.6) is 5.75 Å². The molecule has 0 bridgehead atoms. The minimum absolute atomic E-state index is 0.107. The Morgan fingerprint density at radius 3 is 2.55 bits per heavy atom.